The van der Waals surface area contributed by atoms with Crippen molar-refractivity contribution in [2.45, 2.75) is 31.2 Å². The van der Waals surface area contributed by atoms with E-state index in [0.717, 1.165) is 5.56 Å². The first-order chi connectivity index (χ1) is 15.5. The van der Waals surface area contributed by atoms with Crippen molar-refractivity contribution in [2.24, 2.45) is 0 Å². The number of hydrogen-bond acceptors (Lipinski definition) is 5. The van der Waals surface area contributed by atoms with Crippen LogP contribution in [0.25, 0.3) is 0 Å². The fraction of sp³-hybridized carbons (Fsp3) is 0.217. The van der Waals surface area contributed by atoms with E-state index in [1.807, 2.05) is 41.8 Å². The van der Waals surface area contributed by atoms with Gasteiger partial charge in [0, 0.05) is 13.1 Å². The van der Waals surface area contributed by atoms with Gasteiger partial charge < -0.3 is 15.2 Å². The maximum atomic E-state index is 12.6. The van der Waals surface area contributed by atoms with Crippen molar-refractivity contribution in [1.82, 2.24) is 25.4 Å². The summed E-state index contributed by atoms with van der Waals surface area (Å²) in [4.78, 5) is 24.9. The van der Waals surface area contributed by atoms with Gasteiger partial charge in [0.2, 0.25) is 5.91 Å². The molecule has 0 fully saturated rings. The number of nitrogens with zero attached hydrogens (tertiary/aromatic N) is 3. The number of nitrogens with one attached hydrogen (secondary N) is 2. The van der Waals surface area contributed by atoms with Crippen LogP contribution >= 0.6 is 23.4 Å². The summed E-state index contributed by atoms with van der Waals surface area (Å²) in [5.41, 5.74) is 1.42. The van der Waals surface area contributed by atoms with Crippen LogP contribution in [0.15, 0.2) is 72.4 Å². The summed E-state index contributed by atoms with van der Waals surface area (Å²) in [5, 5.41) is 15.2. The highest BCUT2D eigenvalue weighted by molar-refractivity contribution is 7.99. The molecule has 1 atom stereocenters. The molecule has 7 nitrogen and oxygen atoms in total. The second-order valence-electron chi connectivity index (χ2n) is 6.97. The van der Waals surface area contributed by atoms with E-state index in [1.165, 1.54) is 11.8 Å². The van der Waals surface area contributed by atoms with Crippen LogP contribution in [0.5, 0.6) is 0 Å². The molecule has 0 saturated heterocycles. The summed E-state index contributed by atoms with van der Waals surface area (Å²) in [6, 6.07) is 16.1. The summed E-state index contributed by atoms with van der Waals surface area (Å²) >= 11 is 7.40. The fourth-order valence-electron chi connectivity index (χ4n) is 2.99. The zero-order chi connectivity index (χ0) is 22.9. The van der Waals surface area contributed by atoms with Crippen molar-refractivity contribution in [2.75, 3.05) is 5.75 Å². The van der Waals surface area contributed by atoms with Crippen LogP contribution in [0.1, 0.15) is 34.7 Å². The van der Waals surface area contributed by atoms with Gasteiger partial charge in [0.05, 0.1) is 22.4 Å². The molecule has 166 valence electrons. The molecule has 0 aliphatic carbocycles. The van der Waals surface area contributed by atoms with Crippen LogP contribution < -0.4 is 10.6 Å². The monoisotopic (exact) mass is 469 g/mol. The quantitative estimate of drug-likeness (QED) is 0.346. The Balaban J connectivity index is 1.62. The third-order valence-corrected chi connectivity index (χ3v) is 5.87. The minimum atomic E-state index is -0.424. The summed E-state index contributed by atoms with van der Waals surface area (Å²) < 4.78 is 1.83. The molecule has 2 aromatic carbocycles. The van der Waals surface area contributed by atoms with Gasteiger partial charge >= 0.3 is 0 Å². The number of carbonyl (C=O) groups is 2. The van der Waals surface area contributed by atoms with Crippen LogP contribution in [0.2, 0.25) is 5.02 Å². The van der Waals surface area contributed by atoms with E-state index in [2.05, 4.69) is 27.4 Å². The molecule has 3 rings (SSSR count). The van der Waals surface area contributed by atoms with Crippen molar-refractivity contribution in [3.8, 4) is 0 Å². The Morgan fingerprint density at radius 3 is 2.59 bits per heavy atom. The molecule has 0 aliphatic heterocycles. The summed E-state index contributed by atoms with van der Waals surface area (Å²) in [7, 11) is 0. The van der Waals surface area contributed by atoms with Crippen molar-refractivity contribution < 1.29 is 9.59 Å². The van der Waals surface area contributed by atoms with Crippen LogP contribution in [-0.2, 0) is 17.9 Å². The molecule has 2 amide bonds. The van der Waals surface area contributed by atoms with Gasteiger partial charge in [-0.1, -0.05) is 71.9 Å². The predicted molar refractivity (Wildman–Crippen MR) is 127 cm³/mol. The maximum Gasteiger partial charge on any atom is 0.253 e. The minimum absolute atomic E-state index is 0.103. The first-order valence-electron chi connectivity index (χ1n) is 10.0. The third kappa shape index (κ3) is 6.21. The number of benzene rings is 2. The highest BCUT2D eigenvalue weighted by Gasteiger charge is 2.21. The van der Waals surface area contributed by atoms with Gasteiger partial charge in [-0.15, -0.1) is 16.8 Å². The van der Waals surface area contributed by atoms with E-state index in [-0.39, 0.29) is 17.6 Å². The number of thioether (sulfide) groups is 1. The van der Waals surface area contributed by atoms with E-state index in [9.17, 15) is 9.59 Å². The lowest BCUT2D eigenvalue weighted by Gasteiger charge is -2.15. The Hall–Kier alpha value is -3.10. The van der Waals surface area contributed by atoms with E-state index < -0.39 is 6.04 Å². The lowest BCUT2D eigenvalue weighted by Crippen LogP contribution is -2.29. The zero-order valence-corrected chi connectivity index (χ0v) is 19.2. The van der Waals surface area contributed by atoms with Crippen molar-refractivity contribution in [3.05, 3.63) is 89.2 Å². The molecule has 0 radical (unpaired) electrons. The third-order valence-electron chi connectivity index (χ3n) is 4.58. The molecule has 0 unspecified atom stereocenters. The number of aromatic nitrogens is 3. The lowest BCUT2D eigenvalue weighted by molar-refractivity contribution is -0.118. The van der Waals surface area contributed by atoms with Crippen LogP contribution in [0, 0.1) is 0 Å². The molecular formula is C23H24ClN5O2S. The van der Waals surface area contributed by atoms with Crippen LogP contribution in [0.3, 0.4) is 0 Å². The maximum absolute atomic E-state index is 12.6. The topological polar surface area (TPSA) is 88.9 Å². The highest BCUT2D eigenvalue weighted by atomic mass is 35.5. The normalized spacial score (nSPS) is 11.6. The Morgan fingerprint density at radius 2 is 1.88 bits per heavy atom. The first kappa shape index (κ1) is 23.6. The van der Waals surface area contributed by atoms with Crippen molar-refractivity contribution in [3.63, 3.8) is 0 Å². The highest BCUT2D eigenvalue weighted by Crippen LogP contribution is 2.22. The Morgan fingerprint density at radius 1 is 1.16 bits per heavy atom. The number of carbonyl (C=O) groups excluding carboxylic acids is 2. The van der Waals surface area contributed by atoms with E-state index in [0.29, 0.717) is 34.7 Å². The van der Waals surface area contributed by atoms with Gasteiger partial charge in [0.15, 0.2) is 11.0 Å². The van der Waals surface area contributed by atoms with Gasteiger partial charge in [-0.05, 0) is 24.6 Å². The Kier molecular flexibility index (Phi) is 8.47. The molecule has 0 aliphatic rings. The summed E-state index contributed by atoms with van der Waals surface area (Å²) in [5.74, 6) is 0.361. The summed E-state index contributed by atoms with van der Waals surface area (Å²) in [6.45, 7) is 6.52. The number of hydrogen-bond donors (Lipinski definition) is 2. The Labute approximate surface area is 196 Å². The van der Waals surface area contributed by atoms with Crippen LogP contribution in [-0.4, -0.2) is 32.3 Å². The predicted octanol–water partition coefficient (Wildman–Crippen LogP) is 4.02. The van der Waals surface area contributed by atoms with Crippen molar-refractivity contribution >= 4 is 35.2 Å². The first-order valence-corrected chi connectivity index (χ1v) is 11.4. The van der Waals surface area contributed by atoms with Gasteiger partial charge in [-0.2, -0.15) is 0 Å². The molecule has 0 saturated carbocycles. The van der Waals surface area contributed by atoms with Gasteiger partial charge in [0.25, 0.3) is 5.91 Å². The average Bonchev–Trinajstić information content (AvgIpc) is 3.20. The molecular weight excluding hydrogens is 446 g/mol. The van der Waals surface area contributed by atoms with Gasteiger partial charge in [-0.25, -0.2) is 0 Å². The standard InChI is InChI=1S/C23H24ClN5O2S/c1-3-13-29-21(16(2)26-22(31)18-11-7-8-12-19(18)24)27-28-23(29)32-15-20(30)25-14-17-9-5-4-6-10-17/h3-12,16H,1,13-15H2,2H3,(H,25,30)(H,26,31)/t16-/m1/s1. The molecule has 32 heavy (non-hydrogen) atoms. The molecule has 9 heteroatoms. The Bertz CT molecular complexity index is 1090. The van der Waals surface area contributed by atoms with Crippen LogP contribution in [0.4, 0.5) is 0 Å². The molecule has 1 heterocycles. The zero-order valence-electron chi connectivity index (χ0n) is 17.6. The summed E-state index contributed by atoms with van der Waals surface area (Å²) in [6.07, 6.45) is 1.72. The molecule has 0 bridgehead atoms. The van der Waals surface area contributed by atoms with E-state index in [4.69, 9.17) is 11.6 Å². The lowest BCUT2D eigenvalue weighted by atomic mass is 10.2. The van der Waals surface area contributed by atoms with Crippen molar-refractivity contribution in [1.29, 1.82) is 0 Å². The molecule has 1 aromatic heterocycles. The minimum Gasteiger partial charge on any atom is -0.351 e. The number of rotatable bonds is 10. The average molecular weight is 470 g/mol. The number of amides is 2. The van der Waals surface area contributed by atoms with Gasteiger partial charge in [0.1, 0.15) is 0 Å². The number of halogens is 1. The number of allylic oxidation sites excluding steroid dienone is 1. The molecule has 3 aromatic rings. The second-order valence-corrected chi connectivity index (χ2v) is 8.32. The molecule has 0 spiro atoms. The second kappa shape index (κ2) is 11.5. The van der Waals surface area contributed by atoms with E-state index >= 15 is 0 Å². The van der Waals surface area contributed by atoms with Gasteiger partial charge in [-0.3, -0.25) is 9.59 Å². The van der Waals surface area contributed by atoms with E-state index in [1.54, 1.807) is 30.3 Å². The smallest absolute Gasteiger partial charge is 0.253 e. The molecule has 2 N–H and O–H groups in total. The SMILES string of the molecule is C=CCn1c(SCC(=O)NCc2ccccc2)nnc1[C@@H](C)NC(=O)c1ccccc1Cl. The fourth-order valence-corrected chi connectivity index (χ4v) is 4.00. The largest absolute Gasteiger partial charge is 0.351 e.